The van der Waals surface area contributed by atoms with E-state index >= 15 is 0 Å². The topological polar surface area (TPSA) is 103 Å². The second kappa shape index (κ2) is 11.3. The summed E-state index contributed by atoms with van der Waals surface area (Å²) in [5, 5.41) is 13.9. The second-order valence-corrected chi connectivity index (χ2v) is 7.94. The summed E-state index contributed by atoms with van der Waals surface area (Å²) in [6.07, 6.45) is 5.37. The van der Waals surface area contributed by atoms with Crippen molar-refractivity contribution in [3.63, 3.8) is 0 Å². The third-order valence-electron chi connectivity index (χ3n) is 5.25. The van der Waals surface area contributed by atoms with Gasteiger partial charge in [0.05, 0.1) is 19.6 Å². The lowest BCUT2D eigenvalue weighted by Crippen LogP contribution is -2.07. The summed E-state index contributed by atoms with van der Waals surface area (Å²) in [7, 11) is 0. The van der Waals surface area contributed by atoms with Gasteiger partial charge in [-0.2, -0.15) is 0 Å². The first kappa shape index (κ1) is 23.9. The minimum absolute atomic E-state index is 0.216. The molecule has 4 rings (SSSR count). The van der Waals surface area contributed by atoms with E-state index in [9.17, 15) is 9.90 Å². The number of nitrogens with zero attached hydrogens (tertiary/aromatic N) is 4. The van der Waals surface area contributed by atoms with E-state index in [0.717, 1.165) is 28.1 Å². The predicted octanol–water partition coefficient (Wildman–Crippen LogP) is 3.93. The quantitative estimate of drug-likeness (QED) is 0.307. The molecule has 8 heteroatoms. The van der Waals surface area contributed by atoms with Crippen molar-refractivity contribution in [2.45, 2.75) is 39.3 Å². The molecule has 0 spiro atoms. The summed E-state index contributed by atoms with van der Waals surface area (Å²) in [4.78, 5) is 20.0. The van der Waals surface area contributed by atoms with E-state index in [1.807, 2.05) is 47.0 Å². The Labute approximate surface area is 203 Å². The first-order valence-electron chi connectivity index (χ1n) is 11.4. The van der Waals surface area contributed by atoms with Crippen molar-refractivity contribution in [3.05, 3.63) is 89.4 Å². The monoisotopic (exact) mass is 470 g/mol. The van der Waals surface area contributed by atoms with E-state index in [1.165, 1.54) is 0 Å². The van der Waals surface area contributed by atoms with Crippen LogP contribution in [0.2, 0.25) is 0 Å². The van der Waals surface area contributed by atoms with Crippen molar-refractivity contribution in [2.75, 3.05) is 6.61 Å². The van der Waals surface area contributed by atoms with Gasteiger partial charge in [-0.3, -0.25) is 9.78 Å². The molecule has 1 aromatic carbocycles. The standard InChI is InChI=1S/C27H26N4O4/c1-3-34-26(33)13-12-23-11-8-21(17-29-23)5-4-20-6-9-22(10-7-20)25-16-24(30-35-25)18-31-15-14-28-27(31)19(2)32/h6-11,14-17,19,32H,3,12-13,18H2,1-2H3/t19-/m0/s1. The normalized spacial score (nSPS) is 11.5. The average Bonchev–Trinajstić information content (AvgIpc) is 3.53. The molecule has 0 aliphatic carbocycles. The number of ether oxygens (including phenoxy) is 1. The lowest BCUT2D eigenvalue weighted by atomic mass is 10.1. The molecule has 178 valence electrons. The Kier molecular flexibility index (Phi) is 7.70. The molecule has 35 heavy (non-hydrogen) atoms. The number of esters is 1. The number of aryl methyl sites for hydroxylation is 1. The summed E-state index contributed by atoms with van der Waals surface area (Å²) < 4.78 is 12.3. The number of hydrogen-bond acceptors (Lipinski definition) is 7. The van der Waals surface area contributed by atoms with Crippen molar-refractivity contribution >= 4 is 5.97 Å². The number of benzene rings is 1. The molecular weight excluding hydrogens is 444 g/mol. The number of carbonyl (C=O) groups is 1. The number of pyridine rings is 1. The molecule has 0 saturated heterocycles. The van der Waals surface area contributed by atoms with Crippen LogP contribution in [0.25, 0.3) is 11.3 Å². The first-order chi connectivity index (χ1) is 17.0. The van der Waals surface area contributed by atoms with Crippen molar-refractivity contribution in [1.29, 1.82) is 0 Å². The molecule has 0 bridgehead atoms. The van der Waals surface area contributed by atoms with Crippen LogP contribution >= 0.6 is 0 Å². The second-order valence-electron chi connectivity index (χ2n) is 7.94. The third kappa shape index (κ3) is 6.43. The lowest BCUT2D eigenvalue weighted by Gasteiger charge is -2.07. The molecule has 0 unspecified atom stereocenters. The van der Waals surface area contributed by atoms with Gasteiger partial charge in [0.2, 0.25) is 0 Å². The fourth-order valence-corrected chi connectivity index (χ4v) is 3.49. The molecule has 3 aromatic heterocycles. The van der Waals surface area contributed by atoms with E-state index in [-0.39, 0.29) is 5.97 Å². The number of aromatic nitrogens is 4. The molecule has 0 aliphatic heterocycles. The summed E-state index contributed by atoms with van der Waals surface area (Å²) in [5.74, 6) is 7.26. The van der Waals surface area contributed by atoms with Crippen LogP contribution in [0.3, 0.4) is 0 Å². The van der Waals surface area contributed by atoms with Gasteiger partial charge in [0.1, 0.15) is 17.6 Å². The Balaban J connectivity index is 1.36. The van der Waals surface area contributed by atoms with Crippen LogP contribution in [-0.4, -0.2) is 37.4 Å². The van der Waals surface area contributed by atoms with E-state index in [2.05, 4.69) is 27.0 Å². The van der Waals surface area contributed by atoms with Gasteiger partial charge in [-0.05, 0) is 50.2 Å². The van der Waals surface area contributed by atoms with Gasteiger partial charge in [-0.15, -0.1) is 0 Å². The number of rotatable bonds is 8. The summed E-state index contributed by atoms with van der Waals surface area (Å²) >= 11 is 0. The zero-order chi connectivity index (χ0) is 24.6. The maximum absolute atomic E-state index is 11.5. The molecule has 0 fully saturated rings. The minimum atomic E-state index is -0.657. The maximum atomic E-state index is 11.5. The van der Waals surface area contributed by atoms with Gasteiger partial charge in [0, 0.05) is 53.5 Å². The van der Waals surface area contributed by atoms with Gasteiger partial charge in [-0.1, -0.05) is 17.0 Å². The highest BCUT2D eigenvalue weighted by atomic mass is 16.5. The van der Waals surface area contributed by atoms with Crippen LogP contribution in [-0.2, 0) is 22.5 Å². The summed E-state index contributed by atoms with van der Waals surface area (Å²) in [6, 6.07) is 13.4. The van der Waals surface area contributed by atoms with Crippen LogP contribution < -0.4 is 0 Å². The van der Waals surface area contributed by atoms with Crippen LogP contribution in [0, 0.1) is 11.8 Å². The number of aliphatic hydroxyl groups excluding tert-OH is 1. The van der Waals surface area contributed by atoms with E-state index < -0.39 is 6.10 Å². The molecule has 1 N–H and O–H groups in total. The Hall–Kier alpha value is -4.22. The third-order valence-corrected chi connectivity index (χ3v) is 5.25. The van der Waals surface area contributed by atoms with Crippen molar-refractivity contribution in [1.82, 2.24) is 19.7 Å². The number of imidazole rings is 1. The van der Waals surface area contributed by atoms with Gasteiger partial charge in [0.15, 0.2) is 5.76 Å². The Morgan fingerprint density at radius 2 is 1.89 bits per heavy atom. The highest BCUT2D eigenvalue weighted by molar-refractivity contribution is 5.69. The molecule has 0 radical (unpaired) electrons. The number of aliphatic hydroxyl groups is 1. The molecule has 0 amide bonds. The Bertz CT molecular complexity index is 1330. The zero-order valence-electron chi connectivity index (χ0n) is 19.6. The van der Waals surface area contributed by atoms with Gasteiger partial charge in [0.25, 0.3) is 0 Å². The summed E-state index contributed by atoms with van der Waals surface area (Å²) in [5.41, 5.74) is 4.12. The zero-order valence-corrected chi connectivity index (χ0v) is 19.6. The fraction of sp³-hybridized carbons (Fsp3) is 0.259. The van der Waals surface area contributed by atoms with Crippen LogP contribution in [0.1, 0.15) is 54.7 Å². The first-order valence-corrected chi connectivity index (χ1v) is 11.4. The van der Waals surface area contributed by atoms with Gasteiger partial charge >= 0.3 is 5.97 Å². The summed E-state index contributed by atoms with van der Waals surface area (Å²) in [6.45, 7) is 4.32. The van der Waals surface area contributed by atoms with Gasteiger partial charge in [-0.25, -0.2) is 4.98 Å². The smallest absolute Gasteiger partial charge is 0.306 e. The highest BCUT2D eigenvalue weighted by Crippen LogP contribution is 2.22. The number of carbonyl (C=O) groups excluding carboxylic acids is 1. The van der Waals surface area contributed by atoms with E-state index in [0.29, 0.717) is 37.6 Å². The highest BCUT2D eigenvalue weighted by Gasteiger charge is 2.12. The maximum Gasteiger partial charge on any atom is 0.306 e. The lowest BCUT2D eigenvalue weighted by molar-refractivity contribution is -0.143. The molecule has 0 saturated carbocycles. The van der Waals surface area contributed by atoms with E-state index in [4.69, 9.17) is 9.26 Å². The molecule has 4 aromatic rings. The molecule has 8 nitrogen and oxygen atoms in total. The van der Waals surface area contributed by atoms with Crippen molar-refractivity contribution in [2.24, 2.45) is 0 Å². The molecule has 1 atom stereocenters. The fourth-order valence-electron chi connectivity index (χ4n) is 3.49. The van der Waals surface area contributed by atoms with Crippen molar-refractivity contribution < 1.29 is 19.2 Å². The average molecular weight is 471 g/mol. The number of hydrogen-bond donors (Lipinski definition) is 1. The van der Waals surface area contributed by atoms with Crippen LogP contribution in [0.5, 0.6) is 0 Å². The van der Waals surface area contributed by atoms with Gasteiger partial charge < -0.3 is 18.9 Å². The van der Waals surface area contributed by atoms with Crippen LogP contribution in [0.15, 0.2) is 65.6 Å². The molecule has 3 heterocycles. The minimum Gasteiger partial charge on any atom is -0.466 e. The SMILES string of the molecule is CCOC(=O)CCc1ccc(C#Cc2ccc(-c3cc(Cn4ccnc4[C@H](C)O)no3)cc2)cn1. The van der Waals surface area contributed by atoms with E-state index in [1.54, 1.807) is 32.4 Å². The van der Waals surface area contributed by atoms with Crippen LogP contribution in [0.4, 0.5) is 0 Å². The largest absolute Gasteiger partial charge is 0.466 e. The predicted molar refractivity (Wildman–Crippen MR) is 129 cm³/mol. The Morgan fingerprint density at radius 3 is 2.60 bits per heavy atom. The molecular formula is C27H26N4O4. The Morgan fingerprint density at radius 1 is 1.11 bits per heavy atom. The van der Waals surface area contributed by atoms with Crippen molar-refractivity contribution in [3.8, 4) is 23.2 Å². The molecule has 0 aliphatic rings.